The molecule has 0 saturated carbocycles. The number of nitrogens with one attached hydrogen (secondary N) is 1. The van der Waals surface area contributed by atoms with Crippen LogP contribution >= 0.6 is 15.9 Å². The van der Waals surface area contributed by atoms with Gasteiger partial charge in [-0.3, -0.25) is 4.79 Å². The molecule has 116 valence electrons. The zero-order valence-corrected chi connectivity index (χ0v) is 13.0. The number of hydrogen-bond acceptors (Lipinski definition) is 1. The van der Waals surface area contributed by atoms with E-state index in [1.165, 1.54) is 12.1 Å². The fraction of sp³-hybridized carbons (Fsp3) is 0.188. The van der Waals surface area contributed by atoms with Gasteiger partial charge in [0, 0.05) is 6.54 Å². The lowest BCUT2D eigenvalue weighted by atomic mass is 10.0. The highest BCUT2D eigenvalue weighted by atomic mass is 79.9. The second-order valence-corrected chi connectivity index (χ2v) is 5.25. The lowest BCUT2D eigenvalue weighted by Crippen LogP contribution is -2.23. The van der Waals surface area contributed by atoms with E-state index in [9.17, 15) is 18.0 Å². The Morgan fingerprint density at radius 3 is 2.32 bits per heavy atom. The maximum absolute atomic E-state index is 12.6. The van der Waals surface area contributed by atoms with E-state index in [-0.39, 0.29) is 11.2 Å². The summed E-state index contributed by atoms with van der Waals surface area (Å²) < 4.78 is 37.7. The Bertz CT molecular complexity index is 653. The van der Waals surface area contributed by atoms with E-state index in [1.807, 2.05) is 24.3 Å². The smallest absolute Gasteiger partial charge is 0.351 e. The van der Waals surface area contributed by atoms with Gasteiger partial charge < -0.3 is 5.32 Å². The van der Waals surface area contributed by atoms with E-state index < -0.39 is 11.7 Å². The monoisotopic (exact) mass is 371 g/mol. The molecule has 0 aromatic heterocycles. The molecule has 0 aliphatic heterocycles. The molecule has 0 fully saturated rings. The highest BCUT2D eigenvalue weighted by Crippen LogP contribution is 2.31. The lowest BCUT2D eigenvalue weighted by Gasteiger charge is -2.09. The average molecular weight is 372 g/mol. The number of hydrogen-bond donors (Lipinski definition) is 1. The Balaban J connectivity index is 2.17. The van der Waals surface area contributed by atoms with Gasteiger partial charge in [-0.25, -0.2) is 0 Å². The predicted molar refractivity (Wildman–Crippen MR) is 82.5 cm³/mol. The van der Waals surface area contributed by atoms with Gasteiger partial charge in [0.15, 0.2) is 0 Å². The molecule has 0 saturated heterocycles. The van der Waals surface area contributed by atoms with Crippen LogP contribution in [0.5, 0.6) is 0 Å². The SMILES string of the molecule is O=C(CBr)NCc1cccc(-c2ccc(C(F)(F)F)cc2)c1. The van der Waals surface area contributed by atoms with E-state index in [0.29, 0.717) is 12.1 Å². The maximum atomic E-state index is 12.6. The van der Waals surface area contributed by atoms with E-state index in [1.54, 1.807) is 0 Å². The van der Waals surface area contributed by atoms with Crippen LogP contribution < -0.4 is 5.32 Å². The first kappa shape index (κ1) is 16.5. The van der Waals surface area contributed by atoms with Crippen LogP contribution in [0.3, 0.4) is 0 Å². The largest absolute Gasteiger partial charge is 0.416 e. The third kappa shape index (κ3) is 4.34. The molecule has 0 atom stereocenters. The molecular formula is C16H13BrF3NO. The molecule has 6 heteroatoms. The summed E-state index contributed by atoms with van der Waals surface area (Å²) in [6.07, 6.45) is -4.33. The molecule has 0 aliphatic carbocycles. The van der Waals surface area contributed by atoms with Crippen molar-refractivity contribution in [2.75, 3.05) is 5.33 Å². The molecule has 22 heavy (non-hydrogen) atoms. The topological polar surface area (TPSA) is 29.1 Å². The molecule has 2 aromatic rings. The van der Waals surface area contributed by atoms with Crippen molar-refractivity contribution in [3.8, 4) is 11.1 Å². The Kier molecular flexibility index (Phi) is 5.24. The minimum atomic E-state index is -4.33. The first-order valence-corrected chi connectivity index (χ1v) is 7.61. The third-order valence-electron chi connectivity index (χ3n) is 3.08. The standard InChI is InChI=1S/C16H13BrF3NO/c17-9-15(22)21-10-11-2-1-3-13(8-11)12-4-6-14(7-5-12)16(18,19)20/h1-8H,9-10H2,(H,21,22). The van der Waals surface area contributed by atoms with Crippen LogP contribution in [0, 0.1) is 0 Å². The Morgan fingerprint density at radius 1 is 1.05 bits per heavy atom. The van der Waals surface area contributed by atoms with Crippen molar-refractivity contribution in [1.82, 2.24) is 5.32 Å². The number of amides is 1. The van der Waals surface area contributed by atoms with Gasteiger partial charge in [-0.1, -0.05) is 46.3 Å². The summed E-state index contributed by atoms with van der Waals surface area (Å²) in [6, 6.07) is 12.3. The lowest BCUT2D eigenvalue weighted by molar-refractivity contribution is -0.137. The Labute approximate surface area is 134 Å². The number of alkyl halides is 4. The molecular weight excluding hydrogens is 359 g/mol. The molecule has 0 radical (unpaired) electrons. The number of rotatable bonds is 4. The van der Waals surface area contributed by atoms with Gasteiger partial charge in [0.05, 0.1) is 10.9 Å². The molecule has 2 aromatic carbocycles. The van der Waals surface area contributed by atoms with Crippen molar-refractivity contribution in [3.05, 3.63) is 59.7 Å². The molecule has 0 bridgehead atoms. The summed E-state index contributed by atoms with van der Waals surface area (Å²) in [7, 11) is 0. The van der Waals surface area contributed by atoms with Crippen molar-refractivity contribution < 1.29 is 18.0 Å². The minimum absolute atomic E-state index is 0.125. The number of carbonyl (C=O) groups is 1. The second kappa shape index (κ2) is 6.96. The fourth-order valence-electron chi connectivity index (χ4n) is 1.96. The molecule has 1 N–H and O–H groups in total. The highest BCUT2D eigenvalue weighted by Gasteiger charge is 2.29. The van der Waals surface area contributed by atoms with E-state index in [0.717, 1.165) is 23.3 Å². The molecule has 2 rings (SSSR count). The van der Waals surface area contributed by atoms with E-state index >= 15 is 0 Å². The van der Waals surface area contributed by atoms with Crippen LogP contribution in [-0.4, -0.2) is 11.2 Å². The molecule has 0 unspecified atom stereocenters. The maximum Gasteiger partial charge on any atom is 0.416 e. The summed E-state index contributed by atoms with van der Waals surface area (Å²) in [5, 5.41) is 2.95. The second-order valence-electron chi connectivity index (χ2n) is 4.69. The Hall–Kier alpha value is -1.82. The van der Waals surface area contributed by atoms with Crippen molar-refractivity contribution in [1.29, 1.82) is 0 Å². The summed E-state index contributed by atoms with van der Waals surface area (Å²) in [5.74, 6) is -0.125. The van der Waals surface area contributed by atoms with Crippen LogP contribution in [-0.2, 0) is 17.5 Å². The van der Waals surface area contributed by atoms with E-state index in [4.69, 9.17) is 0 Å². The van der Waals surface area contributed by atoms with Gasteiger partial charge in [-0.05, 0) is 34.9 Å². The molecule has 0 aliphatic rings. The van der Waals surface area contributed by atoms with Crippen LogP contribution in [0.1, 0.15) is 11.1 Å². The summed E-state index contributed by atoms with van der Waals surface area (Å²) in [5.41, 5.74) is 1.71. The Morgan fingerprint density at radius 2 is 1.73 bits per heavy atom. The third-order valence-corrected chi connectivity index (χ3v) is 3.59. The van der Waals surface area contributed by atoms with Crippen molar-refractivity contribution >= 4 is 21.8 Å². The van der Waals surface area contributed by atoms with Crippen LogP contribution in [0.25, 0.3) is 11.1 Å². The number of halogens is 4. The van der Waals surface area contributed by atoms with Gasteiger partial charge >= 0.3 is 6.18 Å². The number of benzene rings is 2. The van der Waals surface area contributed by atoms with Crippen molar-refractivity contribution in [2.45, 2.75) is 12.7 Å². The van der Waals surface area contributed by atoms with Gasteiger partial charge in [-0.2, -0.15) is 13.2 Å². The molecule has 0 heterocycles. The van der Waals surface area contributed by atoms with Gasteiger partial charge in [0.2, 0.25) is 5.91 Å². The number of carbonyl (C=O) groups excluding carboxylic acids is 1. The van der Waals surface area contributed by atoms with Crippen LogP contribution in [0.2, 0.25) is 0 Å². The molecule has 1 amide bonds. The first-order chi connectivity index (χ1) is 10.4. The predicted octanol–water partition coefficient (Wildman–Crippen LogP) is 4.38. The average Bonchev–Trinajstić information content (AvgIpc) is 2.52. The van der Waals surface area contributed by atoms with Crippen molar-refractivity contribution in [2.24, 2.45) is 0 Å². The van der Waals surface area contributed by atoms with Crippen LogP contribution in [0.15, 0.2) is 48.5 Å². The summed E-state index contributed by atoms with van der Waals surface area (Å²) in [4.78, 5) is 11.2. The summed E-state index contributed by atoms with van der Waals surface area (Å²) in [6.45, 7) is 0.374. The molecule has 2 nitrogen and oxygen atoms in total. The van der Waals surface area contributed by atoms with Gasteiger partial charge in [0.25, 0.3) is 0 Å². The van der Waals surface area contributed by atoms with Crippen molar-refractivity contribution in [3.63, 3.8) is 0 Å². The quantitative estimate of drug-likeness (QED) is 0.793. The normalized spacial score (nSPS) is 11.3. The fourth-order valence-corrected chi connectivity index (χ4v) is 2.16. The summed E-state index contributed by atoms with van der Waals surface area (Å²) >= 11 is 3.06. The van der Waals surface area contributed by atoms with Gasteiger partial charge in [0.1, 0.15) is 0 Å². The van der Waals surface area contributed by atoms with E-state index in [2.05, 4.69) is 21.2 Å². The molecule has 0 spiro atoms. The van der Waals surface area contributed by atoms with Crippen LogP contribution in [0.4, 0.5) is 13.2 Å². The minimum Gasteiger partial charge on any atom is -0.351 e. The zero-order valence-electron chi connectivity index (χ0n) is 11.5. The first-order valence-electron chi connectivity index (χ1n) is 6.49. The highest BCUT2D eigenvalue weighted by molar-refractivity contribution is 9.09. The zero-order chi connectivity index (χ0) is 16.2. The van der Waals surface area contributed by atoms with Gasteiger partial charge in [-0.15, -0.1) is 0 Å².